The second-order valence-electron chi connectivity index (χ2n) is 3.61. The normalized spacial score (nSPS) is 10.6. The van der Waals surface area contributed by atoms with Crippen LogP contribution in [0.4, 0.5) is 4.39 Å². The molecular formula is C12H10FNO4. The zero-order valence-corrected chi connectivity index (χ0v) is 9.27. The third-order valence-electron chi connectivity index (χ3n) is 2.34. The number of fused-ring (bicyclic) bond motifs is 1. The van der Waals surface area contributed by atoms with E-state index in [2.05, 4.69) is 5.32 Å². The lowest BCUT2D eigenvalue weighted by molar-refractivity contribution is 0.0941. The Kier molecular flexibility index (Phi) is 3.38. The molecule has 6 heteroatoms. The van der Waals surface area contributed by atoms with Crippen molar-refractivity contribution < 1.29 is 18.7 Å². The van der Waals surface area contributed by atoms with Crippen LogP contribution in [0.5, 0.6) is 0 Å². The zero-order chi connectivity index (χ0) is 13.1. The van der Waals surface area contributed by atoms with E-state index in [1.54, 1.807) is 0 Å². The van der Waals surface area contributed by atoms with Gasteiger partial charge in [-0.1, -0.05) is 0 Å². The topological polar surface area (TPSA) is 79.5 Å². The number of aliphatic hydroxyl groups excluding tert-OH is 1. The van der Waals surface area contributed by atoms with Gasteiger partial charge in [-0.2, -0.15) is 0 Å². The summed E-state index contributed by atoms with van der Waals surface area (Å²) in [5.74, 6) is -1.15. The first kappa shape index (κ1) is 12.3. The first-order valence-electron chi connectivity index (χ1n) is 5.24. The molecule has 94 valence electrons. The molecule has 2 N–H and O–H groups in total. The van der Waals surface area contributed by atoms with Crippen molar-refractivity contribution in [3.8, 4) is 0 Å². The van der Waals surface area contributed by atoms with Crippen molar-refractivity contribution in [2.24, 2.45) is 0 Å². The van der Waals surface area contributed by atoms with E-state index in [9.17, 15) is 14.0 Å². The van der Waals surface area contributed by atoms with Gasteiger partial charge in [0.2, 0.25) is 0 Å². The van der Waals surface area contributed by atoms with Crippen LogP contribution in [0.15, 0.2) is 33.5 Å². The molecule has 18 heavy (non-hydrogen) atoms. The van der Waals surface area contributed by atoms with Gasteiger partial charge in [0.1, 0.15) is 17.0 Å². The summed E-state index contributed by atoms with van der Waals surface area (Å²) in [5.41, 5.74) is -0.814. The van der Waals surface area contributed by atoms with E-state index in [4.69, 9.17) is 9.52 Å². The summed E-state index contributed by atoms with van der Waals surface area (Å²) in [6.45, 7) is -0.210. The van der Waals surface area contributed by atoms with Crippen LogP contribution < -0.4 is 10.9 Å². The third kappa shape index (κ3) is 2.38. The highest BCUT2D eigenvalue weighted by Gasteiger charge is 2.13. The molecule has 0 fully saturated rings. The predicted molar refractivity (Wildman–Crippen MR) is 61.9 cm³/mol. The van der Waals surface area contributed by atoms with Crippen molar-refractivity contribution in [3.63, 3.8) is 0 Å². The monoisotopic (exact) mass is 251 g/mol. The van der Waals surface area contributed by atoms with E-state index in [-0.39, 0.29) is 24.3 Å². The first-order chi connectivity index (χ1) is 8.61. The molecule has 0 bridgehead atoms. The maximum atomic E-state index is 13.0. The molecule has 0 saturated carbocycles. The van der Waals surface area contributed by atoms with Gasteiger partial charge < -0.3 is 14.8 Å². The molecule has 0 radical (unpaired) electrons. The Bertz CT molecular complexity index is 650. The van der Waals surface area contributed by atoms with Crippen LogP contribution in [0.3, 0.4) is 0 Å². The standard InChI is InChI=1S/C12H10FNO4/c13-8-1-2-10-7(5-8)6-9(12(17)18-10)11(16)14-3-4-15/h1-2,5-6,15H,3-4H2,(H,14,16). The Morgan fingerprint density at radius 1 is 1.39 bits per heavy atom. The van der Waals surface area contributed by atoms with Gasteiger partial charge in [-0.3, -0.25) is 4.79 Å². The Hall–Kier alpha value is -2.21. The number of carbonyl (C=O) groups is 1. The van der Waals surface area contributed by atoms with Gasteiger partial charge >= 0.3 is 5.63 Å². The Labute approximate surface area is 101 Å². The van der Waals surface area contributed by atoms with Crippen LogP contribution in [0.1, 0.15) is 10.4 Å². The lowest BCUT2D eigenvalue weighted by atomic mass is 10.1. The van der Waals surface area contributed by atoms with Crippen molar-refractivity contribution in [1.29, 1.82) is 0 Å². The van der Waals surface area contributed by atoms with Crippen molar-refractivity contribution in [3.05, 3.63) is 46.1 Å². The molecule has 0 spiro atoms. The van der Waals surface area contributed by atoms with Gasteiger partial charge in [-0.25, -0.2) is 9.18 Å². The predicted octanol–water partition coefficient (Wildman–Crippen LogP) is 0.654. The maximum Gasteiger partial charge on any atom is 0.349 e. The number of nitrogens with one attached hydrogen (secondary N) is 1. The van der Waals surface area contributed by atoms with E-state index in [1.165, 1.54) is 18.2 Å². The van der Waals surface area contributed by atoms with Crippen LogP contribution in [-0.2, 0) is 0 Å². The maximum absolute atomic E-state index is 13.0. The number of rotatable bonds is 3. The van der Waals surface area contributed by atoms with Crippen LogP contribution in [0.25, 0.3) is 11.0 Å². The van der Waals surface area contributed by atoms with Gasteiger partial charge in [0.05, 0.1) is 6.61 Å². The minimum absolute atomic E-state index is 0.0272. The molecule has 0 saturated heterocycles. The highest BCUT2D eigenvalue weighted by Crippen LogP contribution is 2.14. The van der Waals surface area contributed by atoms with Crippen molar-refractivity contribution >= 4 is 16.9 Å². The number of hydrogen-bond donors (Lipinski definition) is 2. The second-order valence-corrected chi connectivity index (χ2v) is 3.61. The summed E-state index contributed by atoms with van der Waals surface area (Å²) < 4.78 is 17.9. The fourth-order valence-electron chi connectivity index (χ4n) is 1.52. The molecule has 1 amide bonds. The quantitative estimate of drug-likeness (QED) is 0.785. The minimum Gasteiger partial charge on any atom is -0.422 e. The Morgan fingerprint density at radius 2 is 2.17 bits per heavy atom. The van der Waals surface area contributed by atoms with Crippen LogP contribution in [-0.4, -0.2) is 24.2 Å². The minimum atomic E-state index is -0.801. The lowest BCUT2D eigenvalue weighted by Crippen LogP contribution is -2.30. The second kappa shape index (κ2) is 4.97. The molecule has 0 aliphatic rings. The van der Waals surface area contributed by atoms with Gasteiger partial charge in [-0.15, -0.1) is 0 Å². The largest absolute Gasteiger partial charge is 0.422 e. The lowest BCUT2D eigenvalue weighted by Gasteiger charge is -2.03. The fraction of sp³-hybridized carbons (Fsp3) is 0.167. The van der Waals surface area contributed by atoms with Crippen molar-refractivity contribution in [1.82, 2.24) is 5.32 Å². The molecule has 1 heterocycles. The number of aliphatic hydroxyl groups is 1. The Balaban J connectivity index is 2.48. The Morgan fingerprint density at radius 3 is 2.89 bits per heavy atom. The molecule has 0 aliphatic heterocycles. The summed E-state index contributed by atoms with van der Waals surface area (Å²) in [7, 11) is 0. The molecule has 1 aromatic carbocycles. The number of halogens is 1. The summed E-state index contributed by atoms with van der Waals surface area (Å²) in [6.07, 6.45) is 0. The van der Waals surface area contributed by atoms with Crippen LogP contribution in [0, 0.1) is 5.82 Å². The molecule has 1 aromatic heterocycles. The number of hydrogen-bond acceptors (Lipinski definition) is 4. The van der Waals surface area contributed by atoms with E-state index in [1.807, 2.05) is 0 Å². The van der Waals surface area contributed by atoms with E-state index < -0.39 is 17.3 Å². The molecular weight excluding hydrogens is 241 g/mol. The first-order valence-corrected chi connectivity index (χ1v) is 5.24. The summed E-state index contributed by atoms with van der Waals surface area (Å²) in [4.78, 5) is 23.1. The molecule has 2 aromatic rings. The van der Waals surface area contributed by atoms with Gasteiger partial charge in [0, 0.05) is 11.9 Å². The number of carbonyl (C=O) groups excluding carboxylic acids is 1. The zero-order valence-electron chi connectivity index (χ0n) is 9.27. The molecule has 0 atom stereocenters. The van der Waals surface area contributed by atoms with Gasteiger partial charge in [0.15, 0.2) is 0 Å². The summed E-state index contributed by atoms with van der Waals surface area (Å²) in [6, 6.07) is 4.91. The average Bonchev–Trinajstić information content (AvgIpc) is 2.35. The van der Waals surface area contributed by atoms with E-state index >= 15 is 0 Å². The number of benzene rings is 1. The molecule has 5 nitrogen and oxygen atoms in total. The van der Waals surface area contributed by atoms with Crippen LogP contribution in [0.2, 0.25) is 0 Å². The van der Waals surface area contributed by atoms with E-state index in [0.717, 1.165) is 6.07 Å². The van der Waals surface area contributed by atoms with Gasteiger partial charge in [0.25, 0.3) is 5.91 Å². The average molecular weight is 251 g/mol. The third-order valence-corrected chi connectivity index (χ3v) is 2.34. The molecule has 2 rings (SSSR count). The van der Waals surface area contributed by atoms with Crippen molar-refractivity contribution in [2.75, 3.05) is 13.2 Å². The van der Waals surface area contributed by atoms with Gasteiger partial charge in [-0.05, 0) is 24.3 Å². The smallest absolute Gasteiger partial charge is 0.349 e. The molecule has 0 unspecified atom stereocenters. The summed E-state index contributed by atoms with van der Waals surface area (Å²) >= 11 is 0. The van der Waals surface area contributed by atoms with E-state index in [0.29, 0.717) is 5.39 Å². The van der Waals surface area contributed by atoms with Crippen molar-refractivity contribution in [2.45, 2.75) is 0 Å². The van der Waals surface area contributed by atoms with Crippen LogP contribution >= 0.6 is 0 Å². The number of amides is 1. The molecule has 0 aliphatic carbocycles. The highest BCUT2D eigenvalue weighted by molar-refractivity contribution is 5.96. The SMILES string of the molecule is O=C(NCCO)c1cc2cc(F)ccc2oc1=O. The summed E-state index contributed by atoms with van der Waals surface area (Å²) in [5, 5.41) is 11.2. The highest BCUT2D eigenvalue weighted by atomic mass is 19.1. The fourth-order valence-corrected chi connectivity index (χ4v) is 1.52.